The van der Waals surface area contributed by atoms with Crippen molar-refractivity contribution < 1.29 is 28.6 Å². The topological polar surface area (TPSA) is 78.9 Å². The number of carbonyl (C=O) groups excluding carboxylic acids is 3. The number of hydrogen-bond acceptors (Lipinski definition) is 6. The van der Waals surface area contributed by atoms with Crippen LogP contribution in [0, 0.1) is 0 Å². The Bertz CT molecular complexity index is 1240. The fourth-order valence-corrected chi connectivity index (χ4v) is 7.69. The second-order valence-electron chi connectivity index (χ2n) is 18.5. The minimum Gasteiger partial charge on any atom is -0.462 e. The zero-order valence-corrected chi connectivity index (χ0v) is 43.4. The lowest BCUT2D eigenvalue weighted by Crippen LogP contribution is -2.30. The first-order chi connectivity index (χ1) is 32.5. The summed E-state index contributed by atoms with van der Waals surface area (Å²) in [7, 11) is 0. The Morgan fingerprint density at radius 2 is 0.545 bits per heavy atom. The third kappa shape index (κ3) is 51.8. The predicted molar refractivity (Wildman–Crippen MR) is 284 cm³/mol. The molecule has 0 aliphatic rings. The van der Waals surface area contributed by atoms with Gasteiger partial charge in [-0.3, -0.25) is 14.4 Å². The molecule has 0 saturated carbocycles. The SMILES string of the molecule is CCCCC/C=C/C/C=C/C/C=C/C/C=C/CCCCCC(=O)OC[C@@H](COC(=O)CCCCCCCCCCCCCCCC)OC(=O)CCCCCCC/C=C/C/C=C/CCCCC. The summed E-state index contributed by atoms with van der Waals surface area (Å²) < 4.78 is 16.8. The highest BCUT2D eigenvalue weighted by Gasteiger charge is 2.19. The summed E-state index contributed by atoms with van der Waals surface area (Å²) >= 11 is 0. The Labute approximate surface area is 408 Å². The van der Waals surface area contributed by atoms with Gasteiger partial charge in [-0.05, 0) is 96.3 Å². The van der Waals surface area contributed by atoms with E-state index in [0.717, 1.165) is 109 Å². The molecule has 0 unspecified atom stereocenters. The quantitative estimate of drug-likeness (QED) is 0.0262. The molecule has 0 amide bonds. The maximum atomic E-state index is 12.8. The predicted octanol–water partition coefficient (Wildman–Crippen LogP) is 18.6. The van der Waals surface area contributed by atoms with E-state index in [4.69, 9.17) is 14.2 Å². The largest absolute Gasteiger partial charge is 0.462 e. The van der Waals surface area contributed by atoms with Crippen LogP contribution >= 0.6 is 0 Å². The second kappa shape index (κ2) is 54.5. The molecule has 0 saturated heterocycles. The van der Waals surface area contributed by atoms with Gasteiger partial charge in [0.15, 0.2) is 6.10 Å². The summed E-state index contributed by atoms with van der Waals surface area (Å²) in [6, 6.07) is 0. The average Bonchev–Trinajstić information content (AvgIpc) is 3.31. The van der Waals surface area contributed by atoms with E-state index in [0.29, 0.717) is 19.3 Å². The Balaban J connectivity index is 4.45. The lowest BCUT2D eigenvalue weighted by Gasteiger charge is -2.18. The minimum absolute atomic E-state index is 0.0896. The van der Waals surface area contributed by atoms with Crippen LogP contribution in [0.15, 0.2) is 72.9 Å². The molecule has 0 spiro atoms. The van der Waals surface area contributed by atoms with Crippen LogP contribution < -0.4 is 0 Å². The zero-order chi connectivity index (χ0) is 47.9. The molecule has 0 aliphatic heterocycles. The highest BCUT2D eigenvalue weighted by atomic mass is 16.6. The molecule has 0 aliphatic carbocycles. The molecular weight excluding hydrogens is 817 g/mol. The van der Waals surface area contributed by atoms with Gasteiger partial charge in [0.25, 0.3) is 0 Å². The van der Waals surface area contributed by atoms with Gasteiger partial charge in [0.1, 0.15) is 13.2 Å². The van der Waals surface area contributed by atoms with Crippen molar-refractivity contribution in [2.24, 2.45) is 0 Å². The van der Waals surface area contributed by atoms with Crippen molar-refractivity contribution >= 4 is 17.9 Å². The van der Waals surface area contributed by atoms with Gasteiger partial charge in [0.2, 0.25) is 0 Å². The smallest absolute Gasteiger partial charge is 0.306 e. The lowest BCUT2D eigenvalue weighted by atomic mass is 10.0. The molecular formula is C60H104O6. The zero-order valence-electron chi connectivity index (χ0n) is 43.4. The van der Waals surface area contributed by atoms with Gasteiger partial charge in [-0.1, -0.05) is 229 Å². The van der Waals surface area contributed by atoms with Crippen LogP contribution in [0.1, 0.15) is 271 Å². The minimum atomic E-state index is -0.794. The molecule has 1 atom stereocenters. The van der Waals surface area contributed by atoms with Gasteiger partial charge < -0.3 is 14.2 Å². The van der Waals surface area contributed by atoms with Crippen LogP contribution in [0.4, 0.5) is 0 Å². The van der Waals surface area contributed by atoms with Crippen LogP contribution in [0.2, 0.25) is 0 Å². The van der Waals surface area contributed by atoms with Crippen LogP contribution in [0.25, 0.3) is 0 Å². The third-order valence-electron chi connectivity index (χ3n) is 11.9. The molecule has 6 nitrogen and oxygen atoms in total. The van der Waals surface area contributed by atoms with Crippen LogP contribution in [0.5, 0.6) is 0 Å². The summed E-state index contributed by atoms with van der Waals surface area (Å²) in [4.78, 5) is 38.1. The van der Waals surface area contributed by atoms with E-state index in [1.54, 1.807) is 0 Å². The van der Waals surface area contributed by atoms with Gasteiger partial charge >= 0.3 is 17.9 Å². The van der Waals surface area contributed by atoms with E-state index in [1.165, 1.54) is 122 Å². The van der Waals surface area contributed by atoms with Crippen molar-refractivity contribution in [2.45, 2.75) is 277 Å². The van der Waals surface area contributed by atoms with Gasteiger partial charge in [-0.15, -0.1) is 0 Å². The average molecular weight is 921 g/mol. The maximum absolute atomic E-state index is 12.8. The van der Waals surface area contributed by atoms with E-state index >= 15 is 0 Å². The molecule has 0 aromatic heterocycles. The van der Waals surface area contributed by atoms with Crippen molar-refractivity contribution in [1.29, 1.82) is 0 Å². The van der Waals surface area contributed by atoms with E-state index < -0.39 is 6.10 Å². The van der Waals surface area contributed by atoms with Gasteiger partial charge in [-0.2, -0.15) is 0 Å². The molecule has 6 heteroatoms. The maximum Gasteiger partial charge on any atom is 0.306 e. The van der Waals surface area contributed by atoms with Gasteiger partial charge in [-0.25, -0.2) is 0 Å². The van der Waals surface area contributed by atoms with Crippen molar-refractivity contribution in [3.8, 4) is 0 Å². The number of ether oxygens (including phenoxy) is 3. The number of unbranched alkanes of at least 4 members (excludes halogenated alkanes) is 27. The first-order valence-corrected chi connectivity index (χ1v) is 27.9. The summed E-state index contributed by atoms with van der Waals surface area (Å²) in [5.41, 5.74) is 0. The van der Waals surface area contributed by atoms with Crippen molar-refractivity contribution in [2.75, 3.05) is 13.2 Å². The van der Waals surface area contributed by atoms with E-state index in [1.807, 2.05) is 0 Å². The first-order valence-electron chi connectivity index (χ1n) is 27.9. The fraction of sp³-hybridized carbons (Fsp3) is 0.750. The molecule has 0 aromatic carbocycles. The number of rotatable bonds is 50. The molecule has 66 heavy (non-hydrogen) atoms. The molecule has 0 heterocycles. The Hall–Kier alpha value is -3.15. The molecule has 0 radical (unpaired) electrons. The van der Waals surface area contributed by atoms with E-state index in [-0.39, 0.29) is 31.1 Å². The number of allylic oxidation sites excluding steroid dienone is 12. The van der Waals surface area contributed by atoms with Crippen molar-refractivity contribution in [3.05, 3.63) is 72.9 Å². The Morgan fingerprint density at radius 3 is 0.894 bits per heavy atom. The van der Waals surface area contributed by atoms with Crippen LogP contribution in [0.3, 0.4) is 0 Å². The van der Waals surface area contributed by atoms with Crippen LogP contribution in [-0.4, -0.2) is 37.2 Å². The molecule has 0 bridgehead atoms. The fourth-order valence-electron chi connectivity index (χ4n) is 7.69. The summed E-state index contributed by atoms with van der Waals surface area (Å²) in [5.74, 6) is -0.929. The summed E-state index contributed by atoms with van der Waals surface area (Å²) in [5, 5.41) is 0. The van der Waals surface area contributed by atoms with Gasteiger partial charge in [0.05, 0.1) is 0 Å². The summed E-state index contributed by atoms with van der Waals surface area (Å²) in [6.45, 7) is 6.56. The Morgan fingerprint density at radius 1 is 0.303 bits per heavy atom. The molecule has 0 N–H and O–H groups in total. The van der Waals surface area contributed by atoms with Crippen molar-refractivity contribution in [3.63, 3.8) is 0 Å². The summed E-state index contributed by atoms with van der Waals surface area (Å²) in [6.07, 6.45) is 68.8. The standard InChI is InChI=1S/C60H104O6/c1-4-7-10-13-16-19-22-25-28-29-30-31-33-35-38-41-44-47-50-53-59(62)65-56-57(55-64-58(61)52-49-46-43-40-37-34-27-24-21-18-15-12-9-6-3)66-60(63)54-51-48-45-42-39-36-32-26-23-20-17-14-11-8-5-2/h16-17,19-20,25-26,28,30-32,35,38,57H,4-15,18,21-24,27,29,33-34,36-37,39-56H2,1-3H3/b19-16+,20-17+,28-25+,31-30+,32-26+,38-35+/t57-/m1/s1. The highest BCUT2D eigenvalue weighted by molar-refractivity contribution is 5.71. The third-order valence-corrected chi connectivity index (χ3v) is 11.9. The highest BCUT2D eigenvalue weighted by Crippen LogP contribution is 2.15. The molecule has 380 valence electrons. The van der Waals surface area contributed by atoms with E-state index in [2.05, 4.69) is 93.7 Å². The Kier molecular flexibility index (Phi) is 51.9. The molecule has 0 rings (SSSR count). The molecule has 0 aromatic rings. The number of hydrogen-bond donors (Lipinski definition) is 0. The van der Waals surface area contributed by atoms with Crippen LogP contribution in [-0.2, 0) is 28.6 Å². The first kappa shape index (κ1) is 62.8. The monoisotopic (exact) mass is 921 g/mol. The van der Waals surface area contributed by atoms with Gasteiger partial charge in [0, 0.05) is 19.3 Å². The van der Waals surface area contributed by atoms with E-state index in [9.17, 15) is 14.4 Å². The normalized spacial score (nSPS) is 12.6. The molecule has 0 fully saturated rings. The number of carbonyl (C=O) groups is 3. The van der Waals surface area contributed by atoms with Crippen molar-refractivity contribution in [1.82, 2.24) is 0 Å². The second-order valence-corrected chi connectivity index (χ2v) is 18.5. The number of esters is 3. The lowest BCUT2D eigenvalue weighted by molar-refractivity contribution is -0.167.